The predicted octanol–water partition coefficient (Wildman–Crippen LogP) is 6.15. The lowest BCUT2D eigenvalue weighted by molar-refractivity contribution is 0.0622. The van der Waals surface area contributed by atoms with Crippen LogP contribution in [-0.2, 0) is 0 Å². The Labute approximate surface area is 201 Å². The summed E-state index contributed by atoms with van der Waals surface area (Å²) < 4.78 is 28.2. The van der Waals surface area contributed by atoms with E-state index in [0.29, 0.717) is 16.7 Å². The van der Waals surface area contributed by atoms with Gasteiger partial charge in [-0.15, -0.1) is 0 Å². The van der Waals surface area contributed by atoms with Gasteiger partial charge in [0.25, 0.3) is 11.8 Å². The van der Waals surface area contributed by atoms with Crippen LogP contribution < -0.4 is 0 Å². The maximum absolute atomic E-state index is 14.4. The summed E-state index contributed by atoms with van der Waals surface area (Å²) in [4.78, 5) is 27.8. The number of halogens is 2. The molecule has 0 saturated carbocycles. The Bertz CT molecular complexity index is 1430. The molecular weight excluding hydrogens is 444 g/mol. The average molecular weight is 465 g/mol. The minimum absolute atomic E-state index is 0.130. The molecule has 0 fully saturated rings. The van der Waals surface area contributed by atoms with Crippen molar-refractivity contribution in [1.82, 2.24) is 4.90 Å². The van der Waals surface area contributed by atoms with E-state index in [1.54, 1.807) is 30.3 Å². The van der Waals surface area contributed by atoms with E-state index in [4.69, 9.17) is 0 Å². The van der Waals surface area contributed by atoms with Gasteiger partial charge in [-0.25, -0.2) is 8.78 Å². The van der Waals surface area contributed by atoms with Crippen LogP contribution >= 0.6 is 0 Å². The van der Waals surface area contributed by atoms with Gasteiger partial charge in [0.1, 0.15) is 0 Å². The Balaban J connectivity index is 1.50. The molecule has 6 rings (SSSR count). The Morgan fingerprint density at radius 3 is 1.74 bits per heavy atom. The lowest BCUT2D eigenvalue weighted by atomic mass is 9.79. The zero-order chi connectivity index (χ0) is 24.1. The summed E-state index contributed by atoms with van der Waals surface area (Å²) in [5.74, 6) is -3.18. The maximum atomic E-state index is 14.4. The molecule has 1 heterocycles. The molecule has 0 N–H and O–H groups in total. The summed E-state index contributed by atoms with van der Waals surface area (Å²) in [5, 5.41) is 0. The third kappa shape index (κ3) is 3.38. The highest BCUT2D eigenvalue weighted by Crippen LogP contribution is 2.53. The number of imide groups is 1. The number of nitrogens with zero attached hydrogens (tertiary/aromatic N) is 1. The van der Waals surface area contributed by atoms with Crippen LogP contribution in [0.5, 0.6) is 0 Å². The molecule has 3 nitrogen and oxygen atoms in total. The molecule has 5 heteroatoms. The lowest BCUT2D eigenvalue weighted by Crippen LogP contribution is -2.37. The van der Waals surface area contributed by atoms with Crippen LogP contribution in [0.25, 0.3) is 0 Å². The first-order chi connectivity index (χ1) is 17.0. The molecule has 0 unspecified atom stereocenters. The van der Waals surface area contributed by atoms with Crippen LogP contribution in [0.15, 0.2) is 97.1 Å². The molecule has 2 aliphatic rings. The summed E-state index contributed by atoms with van der Waals surface area (Å²) in [5.41, 5.74) is 4.52. The molecule has 0 bridgehead atoms. The van der Waals surface area contributed by atoms with Crippen molar-refractivity contribution in [3.05, 3.63) is 142 Å². The van der Waals surface area contributed by atoms with Gasteiger partial charge in [0.15, 0.2) is 11.6 Å². The van der Waals surface area contributed by atoms with Gasteiger partial charge in [-0.2, -0.15) is 0 Å². The van der Waals surface area contributed by atoms with Crippen LogP contribution in [0.4, 0.5) is 8.78 Å². The van der Waals surface area contributed by atoms with Crippen LogP contribution in [-0.4, -0.2) is 23.3 Å². The van der Waals surface area contributed by atoms with Gasteiger partial charge in [0, 0.05) is 18.4 Å². The van der Waals surface area contributed by atoms with Crippen molar-refractivity contribution in [1.29, 1.82) is 0 Å². The fourth-order valence-corrected chi connectivity index (χ4v) is 5.78. The van der Waals surface area contributed by atoms with E-state index < -0.39 is 11.6 Å². The summed E-state index contributed by atoms with van der Waals surface area (Å²) in [6, 6.07) is 28.7. The molecule has 4 aromatic carbocycles. The predicted molar refractivity (Wildman–Crippen MR) is 128 cm³/mol. The van der Waals surface area contributed by atoms with Crippen LogP contribution in [0.1, 0.15) is 54.8 Å². The Morgan fingerprint density at radius 2 is 1.14 bits per heavy atom. The number of hydrogen-bond acceptors (Lipinski definition) is 2. The number of carbonyl (C=O) groups is 2. The average Bonchev–Trinajstić information content (AvgIpc) is 3.34. The monoisotopic (exact) mass is 465 g/mol. The first kappa shape index (κ1) is 21.4. The topological polar surface area (TPSA) is 37.4 Å². The van der Waals surface area contributed by atoms with Crippen molar-refractivity contribution in [3.8, 4) is 0 Å². The molecule has 0 saturated heterocycles. The molecule has 0 spiro atoms. The molecule has 0 radical (unpaired) electrons. The van der Waals surface area contributed by atoms with Crippen molar-refractivity contribution in [3.63, 3.8) is 0 Å². The number of amides is 2. The highest BCUT2D eigenvalue weighted by Gasteiger charge is 2.46. The summed E-state index contributed by atoms with van der Waals surface area (Å²) in [6.07, 6.45) is 0. The van der Waals surface area contributed by atoms with Crippen molar-refractivity contribution >= 4 is 11.8 Å². The normalized spacial score (nSPS) is 20.7. The summed E-state index contributed by atoms with van der Waals surface area (Å²) >= 11 is 0. The van der Waals surface area contributed by atoms with Crippen molar-refractivity contribution in [2.45, 2.75) is 11.8 Å². The Kier molecular flexibility index (Phi) is 5.06. The van der Waals surface area contributed by atoms with Crippen LogP contribution in [0.2, 0.25) is 0 Å². The number of fused-ring (bicyclic) bond motifs is 2. The van der Waals surface area contributed by atoms with Gasteiger partial charge in [-0.1, -0.05) is 72.8 Å². The highest BCUT2D eigenvalue weighted by atomic mass is 19.2. The third-order valence-electron chi connectivity index (χ3n) is 7.26. The second-order valence-corrected chi connectivity index (χ2v) is 9.10. The van der Waals surface area contributed by atoms with Gasteiger partial charge < -0.3 is 0 Å². The van der Waals surface area contributed by atoms with E-state index in [1.165, 1.54) is 11.0 Å². The molecular formula is C30H21F2NO2. The standard InChI is InChI=1S/C30H21F2NO2/c31-25-15-14-19(16-26(25)32)28-21-11-5-4-10-20(21)27(18-8-2-1-3-9-18)24(28)17-33-29(34)22-12-6-7-13-23(22)30(33)35/h1-16,24,27-28H,17H2/t24-,27+,28-/m0/s1. The van der Waals surface area contributed by atoms with E-state index in [0.717, 1.165) is 22.8 Å². The highest BCUT2D eigenvalue weighted by molar-refractivity contribution is 6.21. The maximum Gasteiger partial charge on any atom is 0.261 e. The molecule has 3 atom stereocenters. The molecule has 1 aliphatic heterocycles. The smallest absolute Gasteiger partial charge is 0.261 e. The van der Waals surface area contributed by atoms with Gasteiger partial charge in [-0.05, 0) is 52.4 Å². The quantitative estimate of drug-likeness (QED) is 0.339. The van der Waals surface area contributed by atoms with E-state index in [2.05, 4.69) is 0 Å². The Morgan fingerprint density at radius 1 is 0.600 bits per heavy atom. The lowest BCUT2D eigenvalue weighted by Gasteiger charge is -2.30. The first-order valence-electron chi connectivity index (χ1n) is 11.6. The number of carbonyl (C=O) groups excluding carboxylic acids is 2. The van der Waals surface area contributed by atoms with E-state index in [1.807, 2.05) is 54.6 Å². The van der Waals surface area contributed by atoms with Crippen molar-refractivity contribution in [2.75, 3.05) is 6.54 Å². The van der Waals surface area contributed by atoms with E-state index in [9.17, 15) is 18.4 Å². The van der Waals surface area contributed by atoms with E-state index >= 15 is 0 Å². The van der Waals surface area contributed by atoms with Gasteiger partial charge in [-0.3, -0.25) is 14.5 Å². The largest absolute Gasteiger partial charge is 0.274 e. The molecule has 1 aliphatic carbocycles. The van der Waals surface area contributed by atoms with Gasteiger partial charge >= 0.3 is 0 Å². The summed E-state index contributed by atoms with van der Waals surface area (Å²) in [6.45, 7) is 0.157. The fourth-order valence-electron chi connectivity index (χ4n) is 5.78. The molecule has 4 aromatic rings. The fraction of sp³-hybridized carbons (Fsp3) is 0.133. The SMILES string of the molecule is O=C1c2ccccc2C(=O)N1C[C@H]1[C@H](c2ccccc2)c2ccccc2[C@@H]1c1ccc(F)c(F)c1. The minimum atomic E-state index is -0.914. The van der Waals surface area contributed by atoms with Crippen LogP contribution in [0, 0.1) is 17.6 Å². The third-order valence-corrected chi connectivity index (χ3v) is 7.26. The molecule has 2 amide bonds. The number of benzene rings is 4. The number of rotatable bonds is 4. The summed E-state index contributed by atoms with van der Waals surface area (Å²) in [7, 11) is 0. The molecule has 0 aromatic heterocycles. The zero-order valence-corrected chi connectivity index (χ0v) is 18.7. The van der Waals surface area contributed by atoms with Gasteiger partial charge in [0.05, 0.1) is 11.1 Å². The first-order valence-corrected chi connectivity index (χ1v) is 11.6. The minimum Gasteiger partial charge on any atom is -0.274 e. The molecule has 35 heavy (non-hydrogen) atoms. The number of hydrogen-bond donors (Lipinski definition) is 0. The second-order valence-electron chi connectivity index (χ2n) is 9.10. The van der Waals surface area contributed by atoms with Crippen LogP contribution in [0.3, 0.4) is 0 Å². The molecule has 172 valence electrons. The van der Waals surface area contributed by atoms with Crippen molar-refractivity contribution in [2.24, 2.45) is 5.92 Å². The Hall–Kier alpha value is -4.12. The van der Waals surface area contributed by atoms with E-state index in [-0.39, 0.29) is 36.1 Å². The van der Waals surface area contributed by atoms with Crippen molar-refractivity contribution < 1.29 is 18.4 Å². The zero-order valence-electron chi connectivity index (χ0n) is 18.7. The van der Waals surface area contributed by atoms with Gasteiger partial charge in [0.2, 0.25) is 0 Å². The second kappa shape index (κ2) is 8.27.